The van der Waals surface area contributed by atoms with E-state index in [4.69, 9.17) is 17.3 Å². The molecule has 0 atom stereocenters. The van der Waals surface area contributed by atoms with Gasteiger partial charge in [0.2, 0.25) is 5.91 Å². The number of rotatable bonds is 4. The number of hydrogen-bond donors (Lipinski definition) is 2. The smallest absolute Gasteiger partial charge is 0.236 e. The molecule has 0 bridgehead atoms. The van der Waals surface area contributed by atoms with Crippen molar-refractivity contribution in [3.63, 3.8) is 0 Å². The minimum Gasteiger partial charge on any atom is -0.368 e. The number of para-hydroxylation sites is 2. The number of carbonyl (C=O) groups excluding carboxylic acids is 1. The fourth-order valence-corrected chi connectivity index (χ4v) is 2.41. The molecule has 0 aliphatic rings. The molecule has 1 aromatic carbocycles. The van der Waals surface area contributed by atoms with Crippen LogP contribution in [0.25, 0.3) is 22.4 Å². The summed E-state index contributed by atoms with van der Waals surface area (Å²) in [5, 5.41) is 0.482. The molecular weight excluding hydrogens is 302 g/mol. The summed E-state index contributed by atoms with van der Waals surface area (Å²) in [5.41, 5.74) is 7.72. The number of carbonyl (C=O) groups is 1. The largest absolute Gasteiger partial charge is 0.368 e. The lowest BCUT2D eigenvalue weighted by Crippen LogP contribution is -2.31. The summed E-state index contributed by atoms with van der Waals surface area (Å²) in [7, 11) is 1.74. The minimum atomic E-state index is -0.426. The zero-order valence-electron chi connectivity index (χ0n) is 11.9. The first kappa shape index (κ1) is 14.3. The lowest BCUT2D eigenvalue weighted by molar-refractivity contribution is -0.116. The van der Waals surface area contributed by atoms with Crippen LogP contribution in [0.1, 0.15) is 0 Å². The molecule has 0 saturated carbocycles. The van der Waals surface area contributed by atoms with Crippen LogP contribution in [-0.4, -0.2) is 34.5 Å². The van der Waals surface area contributed by atoms with Crippen molar-refractivity contribution < 1.29 is 4.79 Å². The second-order valence-corrected chi connectivity index (χ2v) is 5.35. The molecule has 22 heavy (non-hydrogen) atoms. The van der Waals surface area contributed by atoms with Gasteiger partial charge in [0, 0.05) is 18.8 Å². The van der Waals surface area contributed by atoms with Crippen molar-refractivity contribution in [3.8, 4) is 11.4 Å². The molecule has 0 fully saturated rings. The molecule has 3 aromatic rings. The number of likely N-dealkylation sites (N-methyl/N-ethyl adjacent to an activating group) is 1. The highest BCUT2D eigenvalue weighted by atomic mass is 35.5. The van der Waals surface area contributed by atoms with Gasteiger partial charge in [0.15, 0.2) is 0 Å². The van der Waals surface area contributed by atoms with Gasteiger partial charge in [-0.1, -0.05) is 23.7 Å². The van der Waals surface area contributed by atoms with Crippen LogP contribution in [0.4, 0.5) is 5.82 Å². The van der Waals surface area contributed by atoms with Crippen LogP contribution < -0.4 is 10.6 Å². The van der Waals surface area contributed by atoms with Crippen molar-refractivity contribution in [1.29, 1.82) is 0 Å². The molecule has 2 aromatic heterocycles. The second-order valence-electron chi connectivity index (χ2n) is 4.95. The number of benzene rings is 1. The van der Waals surface area contributed by atoms with E-state index in [9.17, 15) is 4.79 Å². The maximum atomic E-state index is 11.0. The van der Waals surface area contributed by atoms with E-state index in [0.717, 1.165) is 16.6 Å². The van der Waals surface area contributed by atoms with Crippen LogP contribution in [0, 0.1) is 0 Å². The summed E-state index contributed by atoms with van der Waals surface area (Å²) in [4.78, 5) is 24.7. The highest BCUT2D eigenvalue weighted by molar-refractivity contribution is 6.33. The fourth-order valence-electron chi connectivity index (χ4n) is 2.21. The Balaban J connectivity index is 2.04. The number of primary amides is 1. The minimum absolute atomic E-state index is 0.0776. The number of hydrogen-bond acceptors (Lipinski definition) is 4. The van der Waals surface area contributed by atoms with Gasteiger partial charge < -0.3 is 15.6 Å². The van der Waals surface area contributed by atoms with E-state index in [0.29, 0.717) is 16.7 Å². The van der Waals surface area contributed by atoms with Crippen molar-refractivity contribution in [3.05, 3.63) is 41.6 Å². The predicted octanol–water partition coefficient (Wildman–Crippen LogP) is 2.20. The number of pyridine rings is 1. The topological polar surface area (TPSA) is 87.9 Å². The summed E-state index contributed by atoms with van der Waals surface area (Å²) in [6.45, 7) is 0.0776. The molecule has 2 heterocycles. The third-order valence-electron chi connectivity index (χ3n) is 3.27. The first-order chi connectivity index (χ1) is 10.5. The number of imidazole rings is 1. The lowest BCUT2D eigenvalue weighted by Gasteiger charge is -2.16. The molecule has 0 aliphatic carbocycles. The number of fused-ring (bicyclic) bond motifs is 1. The van der Waals surface area contributed by atoms with Crippen LogP contribution in [-0.2, 0) is 4.79 Å². The van der Waals surface area contributed by atoms with Crippen molar-refractivity contribution in [2.24, 2.45) is 5.73 Å². The van der Waals surface area contributed by atoms with E-state index in [1.165, 1.54) is 6.20 Å². The van der Waals surface area contributed by atoms with Gasteiger partial charge in [-0.3, -0.25) is 4.79 Å². The maximum absolute atomic E-state index is 11.0. The number of amides is 1. The summed E-state index contributed by atoms with van der Waals surface area (Å²) in [6, 6.07) is 9.51. The molecule has 7 heteroatoms. The molecule has 0 unspecified atom stereocenters. The Morgan fingerprint density at radius 3 is 2.91 bits per heavy atom. The van der Waals surface area contributed by atoms with Gasteiger partial charge in [-0.15, -0.1) is 0 Å². The van der Waals surface area contributed by atoms with E-state index < -0.39 is 5.91 Å². The van der Waals surface area contributed by atoms with Gasteiger partial charge in [-0.2, -0.15) is 0 Å². The van der Waals surface area contributed by atoms with Crippen molar-refractivity contribution in [2.45, 2.75) is 0 Å². The molecular formula is C15H14ClN5O. The average Bonchev–Trinajstić information content (AvgIpc) is 2.90. The number of H-pyrrole nitrogens is 1. The third-order valence-corrected chi connectivity index (χ3v) is 3.57. The Hall–Kier alpha value is -2.60. The molecule has 0 radical (unpaired) electrons. The Morgan fingerprint density at radius 1 is 1.41 bits per heavy atom. The first-order valence-corrected chi connectivity index (χ1v) is 7.02. The van der Waals surface area contributed by atoms with Crippen LogP contribution in [0.15, 0.2) is 36.5 Å². The number of halogens is 1. The Bertz CT molecular complexity index is 812. The SMILES string of the molecule is CN(CC(N)=O)c1cc(-c2nc3ccccc3[nH]2)c(Cl)cn1. The van der Waals surface area contributed by atoms with E-state index >= 15 is 0 Å². The number of nitrogens with two attached hydrogens (primary N) is 1. The Kier molecular flexibility index (Phi) is 3.68. The quantitative estimate of drug-likeness (QED) is 0.772. The number of aromatic amines is 1. The number of nitrogens with zero attached hydrogens (tertiary/aromatic N) is 3. The zero-order valence-corrected chi connectivity index (χ0v) is 12.6. The van der Waals surface area contributed by atoms with Crippen LogP contribution >= 0.6 is 11.6 Å². The third kappa shape index (κ3) is 2.73. The normalized spacial score (nSPS) is 10.8. The van der Waals surface area contributed by atoms with Crippen molar-refractivity contribution >= 4 is 34.4 Å². The Morgan fingerprint density at radius 2 is 2.18 bits per heavy atom. The van der Waals surface area contributed by atoms with E-state index in [1.807, 2.05) is 24.3 Å². The molecule has 1 amide bonds. The highest BCUT2D eigenvalue weighted by Crippen LogP contribution is 2.29. The maximum Gasteiger partial charge on any atom is 0.236 e. The summed E-state index contributed by atoms with van der Waals surface area (Å²) >= 11 is 6.24. The molecule has 6 nitrogen and oxygen atoms in total. The van der Waals surface area contributed by atoms with Gasteiger partial charge in [-0.05, 0) is 18.2 Å². The number of nitrogens with one attached hydrogen (secondary N) is 1. The molecule has 3 N–H and O–H groups in total. The average molecular weight is 316 g/mol. The Labute approximate surface area is 131 Å². The van der Waals surface area contributed by atoms with Gasteiger partial charge in [0.1, 0.15) is 11.6 Å². The standard InChI is InChI=1S/C15H14ClN5O/c1-21(8-13(17)22)14-6-9(10(16)7-18-14)15-19-11-4-2-3-5-12(11)20-15/h2-7H,8H2,1H3,(H2,17,22)(H,19,20). The molecule has 0 saturated heterocycles. The van der Waals surface area contributed by atoms with Crippen molar-refractivity contribution in [2.75, 3.05) is 18.5 Å². The highest BCUT2D eigenvalue weighted by Gasteiger charge is 2.13. The molecule has 112 valence electrons. The molecule has 0 spiro atoms. The van der Waals surface area contributed by atoms with Gasteiger partial charge in [0.25, 0.3) is 0 Å². The van der Waals surface area contributed by atoms with Gasteiger partial charge >= 0.3 is 0 Å². The van der Waals surface area contributed by atoms with E-state index in [1.54, 1.807) is 18.0 Å². The van der Waals surface area contributed by atoms with Crippen LogP contribution in [0.5, 0.6) is 0 Å². The van der Waals surface area contributed by atoms with Crippen LogP contribution in [0.3, 0.4) is 0 Å². The zero-order chi connectivity index (χ0) is 15.7. The van der Waals surface area contributed by atoms with E-state index in [-0.39, 0.29) is 6.54 Å². The summed E-state index contributed by atoms with van der Waals surface area (Å²) in [5.74, 6) is 0.825. The lowest BCUT2D eigenvalue weighted by atomic mass is 10.2. The molecule has 3 rings (SSSR count). The number of aromatic nitrogens is 3. The van der Waals surface area contributed by atoms with Crippen molar-refractivity contribution in [1.82, 2.24) is 15.0 Å². The first-order valence-electron chi connectivity index (χ1n) is 6.64. The van der Waals surface area contributed by atoms with Gasteiger partial charge in [-0.25, -0.2) is 9.97 Å². The monoisotopic (exact) mass is 315 g/mol. The van der Waals surface area contributed by atoms with Gasteiger partial charge in [0.05, 0.1) is 22.6 Å². The summed E-state index contributed by atoms with van der Waals surface area (Å²) in [6.07, 6.45) is 1.54. The van der Waals surface area contributed by atoms with Crippen LogP contribution in [0.2, 0.25) is 5.02 Å². The summed E-state index contributed by atoms with van der Waals surface area (Å²) < 4.78 is 0. The molecule has 0 aliphatic heterocycles. The second kappa shape index (κ2) is 5.65. The van der Waals surface area contributed by atoms with E-state index in [2.05, 4.69) is 15.0 Å². The fraction of sp³-hybridized carbons (Fsp3) is 0.133. The number of anilines is 1. The predicted molar refractivity (Wildman–Crippen MR) is 86.8 cm³/mol.